The minimum atomic E-state index is 0.0218. The number of carbonyl (C=O) groups is 1. The summed E-state index contributed by atoms with van der Waals surface area (Å²) in [5, 5.41) is 3.07. The topological polar surface area (TPSA) is 51.7 Å². The smallest absolute Gasteiger partial charge is 0.254 e. The van der Waals surface area contributed by atoms with Gasteiger partial charge in [0, 0.05) is 23.2 Å². The van der Waals surface area contributed by atoms with E-state index in [0.717, 1.165) is 36.5 Å². The van der Waals surface area contributed by atoms with E-state index in [4.69, 9.17) is 9.47 Å². The number of amides is 1. The van der Waals surface area contributed by atoms with Crippen LogP contribution in [0.1, 0.15) is 46.4 Å². The lowest BCUT2D eigenvalue weighted by atomic mass is 10.0. The minimum Gasteiger partial charge on any atom is -0.493 e. The molecule has 1 fully saturated rings. The van der Waals surface area contributed by atoms with E-state index < -0.39 is 0 Å². The molecule has 1 unspecified atom stereocenters. The zero-order chi connectivity index (χ0) is 17.1. The monoisotopic (exact) mass is 346 g/mol. The highest BCUT2D eigenvalue weighted by Crippen LogP contribution is 2.35. The summed E-state index contributed by atoms with van der Waals surface area (Å²) in [6.07, 6.45) is 3.12. The van der Waals surface area contributed by atoms with Crippen LogP contribution in [0.3, 0.4) is 0 Å². The lowest BCUT2D eigenvalue weighted by Crippen LogP contribution is -2.38. The van der Waals surface area contributed by atoms with Crippen LogP contribution in [0.25, 0.3) is 0 Å². The van der Waals surface area contributed by atoms with Gasteiger partial charge in [-0.15, -0.1) is 11.3 Å². The number of aromatic nitrogens is 1. The van der Waals surface area contributed by atoms with Crippen LogP contribution in [0.4, 0.5) is 0 Å². The Labute approximate surface area is 146 Å². The second kappa shape index (κ2) is 7.21. The number of methoxy groups -OCH3 is 2. The van der Waals surface area contributed by atoms with Crippen molar-refractivity contribution in [2.24, 2.45) is 0 Å². The number of nitrogens with zero attached hydrogens (tertiary/aromatic N) is 2. The fourth-order valence-corrected chi connectivity index (χ4v) is 4.03. The molecule has 1 aromatic carbocycles. The predicted octanol–water partition coefficient (Wildman–Crippen LogP) is 3.84. The van der Waals surface area contributed by atoms with Crippen molar-refractivity contribution in [3.05, 3.63) is 39.8 Å². The van der Waals surface area contributed by atoms with Crippen molar-refractivity contribution < 1.29 is 14.3 Å². The van der Waals surface area contributed by atoms with Crippen LogP contribution in [0.2, 0.25) is 0 Å². The summed E-state index contributed by atoms with van der Waals surface area (Å²) in [6.45, 7) is 2.75. The Balaban J connectivity index is 1.89. The third kappa shape index (κ3) is 3.24. The summed E-state index contributed by atoms with van der Waals surface area (Å²) >= 11 is 1.64. The number of piperidine rings is 1. The third-order valence-electron chi connectivity index (χ3n) is 4.32. The number of thiazole rings is 1. The van der Waals surface area contributed by atoms with E-state index >= 15 is 0 Å². The first-order valence-corrected chi connectivity index (χ1v) is 8.97. The standard InChI is InChI=1S/C18H22N2O3S/c1-12-11-24-17(19-12)14-6-4-5-9-20(14)18(21)13-7-8-15(22-2)16(10-13)23-3/h7-8,10-11,14H,4-6,9H2,1-3H3. The van der Waals surface area contributed by atoms with E-state index in [2.05, 4.69) is 4.98 Å². The lowest BCUT2D eigenvalue weighted by Gasteiger charge is -2.34. The largest absolute Gasteiger partial charge is 0.493 e. The van der Waals surface area contributed by atoms with E-state index in [1.165, 1.54) is 0 Å². The molecular formula is C18H22N2O3S. The molecule has 1 saturated heterocycles. The molecule has 24 heavy (non-hydrogen) atoms. The molecule has 5 nitrogen and oxygen atoms in total. The second-order valence-corrected chi connectivity index (χ2v) is 6.80. The molecule has 6 heteroatoms. The van der Waals surface area contributed by atoms with Crippen LogP contribution in [0.15, 0.2) is 23.6 Å². The first-order valence-electron chi connectivity index (χ1n) is 8.09. The van der Waals surface area contributed by atoms with Gasteiger partial charge in [0.15, 0.2) is 11.5 Å². The van der Waals surface area contributed by atoms with E-state index in [0.29, 0.717) is 17.1 Å². The molecule has 0 N–H and O–H groups in total. The van der Waals surface area contributed by atoms with Gasteiger partial charge in [-0.25, -0.2) is 4.98 Å². The molecule has 0 spiro atoms. The number of benzene rings is 1. The molecule has 1 amide bonds. The van der Waals surface area contributed by atoms with Crippen LogP contribution in [0, 0.1) is 6.92 Å². The predicted molar refractivity (Wildman–Crippen MR) is 94.0 cm³/mol. The van der Waals surface area contributed by atoms with Gasteiger partial charge in [-0.05, 0) is 44.4 Å². The van der Waals surface area contributed by atoms with Gasteiger partial charge in [-0.3, -0.25) is 4.79 Å². The molecule has 0 saturated carbocycles. The minimum absolute atomic E-state index is 0.0218. The van der Waals surface area contributed by atoms with Crippen molar-refractivity contribution in [1.29, 1.82) is 0 Å². The highest BCUT2D eigenvalue weighted by atomic mass is 32.1. The molecule has 1 aromatic heterocycles. The highest BCUT2D eigenvalue weighted by Gasteiger charge is 2.30. The lowest BCUT2D eigenvalue weighted by molar-refractivity contribution is 0.0610. The molecule has 1 aliphatic rings. The summed E-state index contributed by atoms with van der Waals surface area (Å²) < 4.78 is 10.6. The average molecular weight is 346 g/mol. The summed E-state index contributed by atoms with van der Waals surface area (Å²) in [7, 11) is 3.17. The van der Waals surface area contributed by atoms with Crippen molar-refractivity contribution in [3.63, 3.8) is 0 Å². The molecule has 2 aromatic rings. The van der Waals surface area contributed by atoms with Crippen molar-refractivity contribution in [2.45, 2.75) is 32.2 Å². The average Bonchev–Trinajstić information content (AvgIpc) is 3.06. The molecule has 1 atom stereocenters. The van der Waals surface area contributed by atoms with Gasteiger partial charge >= 0.3 is 0 Å². The Morgan fingerprint density at radius 2 is 2.04 bits per heavy atom. The van der Waals surface area contributed by atoms with E-state index in [1.807, 2.05) is 17.2 Å². The Hall–Kier alpha value is -2.08. The van der Waals surface area contributed by atoms with Gasteiger partial charge in [-0.2, -0.15) is 0 Å². The Morgan fingerprint density at radius 3 is 2.71 bits per heavy atom. The van der Waals surface area contributed by atoms with Crippen LogP contribution < -0.4 is 9.47 Å². The maximum absolute atomic E-state index is 13.1. The highest BCUT2D eigenvalue weighted by molar-refractivity contribution is 7.09. The number of hydrogen-bond acceptors (Lipinski definition) is 5. The van der Waals surface area contributed by atoms with Gasteiger partial charge in [-0.1, -0.05) is 0 Å². The van der Waals surface area contributed by atoms with Crippen molar-refractivity contribution in [3.8, 4) is 11.5 Å². The second-order valence-electron chi connectivity index (χ2n) is 5.91. The summed E-state index contributed by atoms with van der Waals surface area (Å²) in [4.78, 5) is 19.6. The number of carbonyl (C=O) groups excluding carboxylic acids is 1. The summed E-state index contributed by atoms with van der Waals surface area (Å²) in [5.41, 5.74) is 1.63. The molecule has 128 valence electrons. The quantitative estimate of drug-likeness (QED) is 0.844. The normalized spacial score (nSPS) is 17.6. The van der Waals surface area contributed by atoms with Crippen LogP contribution in [-0.2, 0) is 0 Å². The molecule has 3 rings (SSSR count). The van der Waals surface area contributed by atoms with E-state index in [9.17, 15) is 4.79 Å². The van der Waals surface area contributed by atoms with Gasteiger partial charge < -0.3 is 14.4 Å². The fraction of sp³-hybridized carbons (Fsp3) is 0.444. The SMILES string of the molecule is COc1ccc(C(=O)N2CCCCC2c2nc(C)cs2)cc1OC. The first-order chi connectivity index (χ1) is 11.6. The molecular weight excluding hydrogens is 324 g/mol. The summed E-state index contributed by atoms with van der Waals surface area (Å²) in [6, 6.07) is 5.39. The Kier molecular flexibility index (Phi) is 5.04. The van der Waals surface area contributed by atoms with E-state index in [1.54, 1.807) is 43.8 Å². The Morgan fingerprint density at radius 1 is 1.25 bits per heavy atom. The van der Waals surface area contributed by atoms with Crippen molar-refractivity contribution in [2.75, 3.05) is 20.8 Å². The zero-order valence-corrected chi connectivity index (χ0v) is 15.1. The number of aryl methyl sites for hydroxylation is 1. The maximum Gasteiger partial charge on any atom is 0.254 e. The molecule has 0 aliphatic carbocycles. The van der Waals surface area contributed by atoms with Crippen LogP contribution in [-0.4, -0.2) is 36.6 Å². The molecule has 0 radical (unpaired) electrons. The summed E-state index contributed by atoms with van der Waals surface area (Å²) in [5.74, 6) is 1.22. The third-order valence-corrected chi connectivity index (χ3v) is 5.38. The van der Waals surface area contributed by atoms with E-state index in [-0.39, 0.29) is 11.9 Å². The number of ether oxygens (including phenoxy) is 2. The molecule has 0 bridgehead atoms. The first kappa shape index (κ1) is 16.8. The van der Waals surface area contributed by atoms with Crippen LogP contribution >= 0.6 is 11.3 Å². The van der Waals surface area contributed by atoms with Crippen molar-refractivity contribution in [1.82, 2.24) is 9.88 Å². The number of rotatable bonds is 4. The molecule has 1 aliphatic heterocycles. The number of likely N-dealkylation sites (tertiary alicyclic amines) is 1. The van der Waals surface area contributed by atoms with Crippen LogP contribution in [0.5, 0.6) is 11.5 Å². The van der Waals surface area contributed by atoms with Gasteiger partial charge in [0.05, 0.1) is 20.3 Å². The number of hydrogen-bond donors (Lipinski definition) is 0. The van der Waals surface area contributed by atoms with Crippen molar-refractivity contribution >= 4 is 17.2 Å². The van der Waals surface area contributed by atoms with Gasteiger partial charge in [0.2, 0.25) is 0 Å². The van der Waals surface area contributed by atoms with Gasteiger partial charge in [0.1, 0.15) is 5.01 Å². The molecule has 2 heterocycles. The fourth-order valence-electron chi connectivity index (χ4n) is 3.09. The Bertz CT molecular complexity index is 729. The maximum atomic E-state index is 13.1. The van der Waals surface area contributed by atoms with Gasteiger partial charge in [0.25, 0.3) is 5.91 Å². The zero-order valence-electron chi connectivity index (χ0n) is 14.2.